The maximum Gasteiger partial charge on any atom is 0.322 e. The van der Waals surface area contributed by atoms with Crippen molar-refractivity contribution in [1.82, 2.24) is 14.9 Å². The Bertz CT molecular complexity index is 680. The molecule has 0 unspecified atom stereocenters. The number of carbonyl (C=O) groups is 2. The van der Waals surface area contributed by atoms with Gasteiger partial charge in [-0.2, -0.15) is 0 Å². The Labute approximate surface area is 121 Å². The number of amides is 3. The molecule has 7 heteroatoms. The number of hydrogen-bond acceptors (Lipinski definition) is 3. The zero-order valence-electron chi connectivity index (χ0n) is 11.3. The SMILES string of the molecule is NC(=O)c1cc2c([nH]1)CN(C(=O)Nc1cccnc1)CC2. The van der Waals surface area contributed by atoms with Gasteiger partial charge in [-0.15, -0.1) is 0 Å². The molecule has 0 aromatic carbocycles. The fourth-order valence-electron chi connectivity index (χ4n) is 2.38. The fraction of sp³-hybridized carbons (Fsp3) is 0.214. The first-order valence-electron chi connectivity index (χ1n) is 6.60. The normalized spacial score (nSPS) is 13.6. The van der Waals surface area contributed by atoms with Crippen LogP contribution in [0.1, 0.15) is 21.7 Å². The second-order valence-electron chi connectivity index (χ2n) is 4.89. The van der Waals surface area contributed by atoms with Gasteiger partial charge in [0, 0.05) is 18.4 Å². The first kappa shape index (κ1) is 13.2. The number of H-pyrrole nitrogens is 1. The number of urea groups is 1. The molecule has 3 heterocycles. The minimum absolute atomic E-state index is 0.191. The Morgan fingerprint density at radius 3 is 3.00 bits per heavy atom. The number of nitrogens with zero attached hydrogens (tertiary/aromatic N) is 2. The number of pyridine rings is 1. The average molecular weight is 285 g/mol. The second kappa shape index (κ2) is 5.28. The van der Waals surface area contributed by atoms with Crippen molar-refractivity contribution in [2.45, 2.75) is 13.0 Å². The summed E-state index contributed by atoms with van der Waals surface area (Å²) >= 11 is 0. The van der Waals surface area contributed by atoms with Crippen molar-refractivity contribution in [1.29, 1.82) is 0 Å². The number of aromatic amines is 1. The minimum atomic E-state index is -0.490. The molecule has 0 spiro atoms. The lowest BCUT2D eigenvalue weighted by atomic mass is 10.1. The molecule has 2 aromatic rings. The largest absolute Gasteiger partial charge is 0.364 e. The van der Waals surface area contributed by atoms with Crippen LogP contribution in [0.5, 0.6) is 0 Å². The van der Waals surface area contributed by atoms with Crippen LogP contribution in [0, 0.1) is 0 Å². The minimum Gasteiger partial charge on any atom is -0.364 e. The first-order chi connectivity index (χ1) is 10.1. The molecule has 0 bridgehead atoms. The van der Waals surface area contributed by atoms with Crippen molar-refractivity contribution in [3.63, 3.8) is 0 Å². The molecule has 0 aliphatic carbocycles. The topological polar surface area (TPSA) is 104 Å². The molecular formula is C14H15N5O2. The van der Waals surface area contributed by atoms with Gasteiger partial charge in [0.25, 0.3) is 5.91 Å². The Balaban J connectivity index is 1.71. The maximum atomic E-state index is 12.2. The van der Waals surface area contributed by atoms with Crippen LogP contribution in [0.3, 0.4) is 0 Å². The van der Waals surface area contributed by atoms with Crippen molar-refractivity contribution in [2.24, 2.45) is 5.73 Å². The van der Waals surface area contributed by atoms with Gasteiger partial charge < -0.3 is 20.9 Å². The molecule has 108 valence electrons. The van der Waals surface area contributed by atoms with Gasteiger partial charge in [0.2, 0.25) is 0 Å². The van der Waals surface area contributed by atoms with Gasteiger partial charge in [0.15, 0.2) is 0 Å². The van der Waals surface area contributed by atoms with Crippen LogP contribution < -0.4 is 11.1 Å². The Morgan fingerprint density at radius 1 is 1.43 bits per heavy atom. The smallest absolute Gasteiger partial charge is 0.322 e. The highest BCUT2D eigenvalue weighted by atomic mass is 16.2. The summed E-state index contributed by atoms with van der Waals surface area (Å²) in [5.74, 6) is -0.490. The van der Waals surface area contributed by atoms with Crippen LogP contribution in [0.2, 0.25) is 0 Å². The average Bonchev–Trinajstić information content (AvgIpc) is 2.91. The van der Waals surface area contributed by atoms with Gasteiger partial charge in [-0.05, 0) is 30.2 Å². The second-order valence-corrected chi connectivity index (χ2v) is 4.89. The van der Waals surface area contributed by atoms with E-state index in [0.29, 0.717) is 30.9 Å². The van der Waals surface area contributed by atoms with E-state index in [1.165, 1.54) is 0 Å². The molecule has 4 N–H and O–H groups in total. The van der Waals surface area contributed by atoms with Crippen molar-refractivity contribution in [2.75, 3.05) is 11.9 Å². The predicted molar refractivity (Wildman–Crippen MR) is 76.7 cm³/mol. The van der Waals surface area contributed by atoms with Gasteiger partial charge in [0.05, 0.1) is 18.4 Å². The fourth-order valence-corrected chi connectivity index (χ4v) is 2.38. The van der Waals surface area contributed by atoms with E-state index in [-0.39, 0.29) is 6.03 Å². The van der Waals surface area contributed by atoms with Gasteiger partial charge in [-0.3, -0.25) is 9.78 Å². The van der Waals surface area contributed by atoms with Gasteiger partial charge in [-0.25, -0.2) is 4.79 Å². The molecule has 1 aliphatic rings. The molecule has 0 saturated heterocycles. The number of anilines is 1. The van der Waals surface area contributed by atoms with Crippen molar-refractivity contribution in [3.8, 4) is 0 Å². The van der Waals surface area contributed by atoms with Crippen LogP contribution in [0.15, 0.2) is 30.6 Å². The van der Waals surface area contributed by atoms with Crippen LogP contribution >= 0.6 is 0 Å². The number of hydrogen-bond donors (Lipinski definition) is 3. The number of primary amides is 1. The van der Waals surface area contributed by atoms with Crippen molar-refractivity contribution >= 4 is 17.6 Å². The monoisotopic (exact) mass is 285 g/mol. The molecule has 0 atom stereocenters. The molecule has 21 heavy (non-hydrogen) atoms. The number of aromatic nitrogens is 2. The summed E-state index contributed by atoms with van der Waals surface area (Å²) in [7, 11) is 0. The molecule has 0 saturated carbocycles. The summed E-state index contributed by atoms with van der Waals surface area (Å²) in [6.07, 6.45) is 3.93. The number of carbonyl (C=O) groups excluding carboxylic acids is 2. The van der Waals surface area contributed by atoms with E-state index >= 15 is 0 Å². The van der Waals surface area contributed by atoms with E-state index in [9.17, 15) is 9.59 Å². The third-order valence-corrected chi connectivity index (χ3v) is 3.46. The summed E-state index contributed by atoms with van der Waals surface area (Å²) in [5, 5.41) is 2.79. The molecule has 3 rings (SSSR count). The maximum absolute atomic E-state index is 12.2. The third kappa shape index (κ3) is 2.71. The van der Waals surface area contributed by atoms with Gasteiger partial charge >= 0.3 is 6.03 Å². The molecule has 7 nitrogen and oxygen atoms in total. The first-order valence-corrected chi connectivity index (χ1v) is 6.60. The van der Waals surface area contributed by atoms with E-state index < -0.39 is 5.91 Å². The number of nitrogens with one attached hydrogen (secondary N) is 2. The van der Waals surface area contributed by atoms with Crippen molar-refractivity contribution < 1.29 is 9.59 Å². The summed E-state index contributed by atoms with van der Waals surface area (Å²) in [6, 6.07) is 5.10. The molecule has 0 radical (unpaired) electrons. The summed E-state index contributed by atoms with van der Waals surface area (Å²) in [5.41, 5.74) is 8.18. The summed E-state index contributed by atoms with van der Waals surface area (Å²) in [4.78, 5) is 32.0. The lowest BCUT2D eigenvalue weighted by Gasteiger charge is -2.27. The lowest BCUT2D eigenvalue weighted by molar-refractivity contribution is 0.0996. The van der Waals surface area contributed by atoms with Crippen LogP contribution in [0.4, 0.5) is 10.5 Å². The van der Waals surface area contributed by atoms with Crippen LogP contribution in [-0.4, -0.2) is 33.4 Å². The van der Waals surface area contributed by atoms with Crippen LogP contribution in [0.25, 0.3) is 0 Å². The molecule has 3 amide bonds. The quantitative estimate of drug-likeness (QED) is 0.769. The van der Waals surface area contributed by atoms with Crippen LogP contribution in [-0.2, 0) is 13.0 Å². The summed E-state index contributed by atoms with van der Waals surface area (Å²) in [6.45, 7) is 1.02. The standard InChI is InChI=1S/C14H15N5O2/c15-13(20)11-6-9-3-5-19(8-12(9)18-11)14(21)17-10-2-1-4-16-7-10/h1-2,4,6-7,18H,3,5,8H2,(H2,15,20)(H,17,21). The van der Waals surface area contributed by atoms with Crippen molar-refractivity contribution in [3.05, 3.63) is 47.5 Å². The predicted octanol–water partition coefficient (Wildman–Crippen LogP) is 1.10. The number of fused-ring (bicyclic) bond motifs is 1. The van der Waals surface area contributed by atoms with E-state index in [1.54, 1.807) is 35.5 Å². The lowest BCUT2D eigenvalue weighted by Crippen LogP contribution is -2.38. The highest BCUT2D eigenvalue weighted by molar-refractivity contribution is 5.92. The summed E-state index contributed by atoms with van der Waals surface area (Å²) < 4.78 is 0. The highest BCUT2D eigenvalue weighted by Gasteiger charge is 2.23. The zero-order valence-corrected chi connectivity index (χ0v) is 11.3. The Morgan fingerprint density at radius 2 is 2.29 bits per heavy atom. The Kier molecular flexibility index (Phi) is 3.31. The van der Waals surface area contributed by atoms with Gasteiger partial charge in [-0.1, -0.05) is 0 Å². The third-order valence-electron chi connectivity index (χ3n) is 3.46. The van der Waals surface area contributed by atoms with E-state index in [4.69, 9.17) is 5.73 Å². The molecular weight excluding hydrogens is 270 g/mol. The molecule has 1 aliphatic heterocycles. The number of rotatable bonds is 2. The Hall–Kier alpha value is -2.83. The van der Waals surface area contributed by atoms with E-state index in [2.05, 4.69) is 15.3 Å². The van der Waals surface area contributed by atoms with E-state index in [0.717, 1.165) is 11.3 Å². The molecule has 0 fully saturated rings. The van der Waals surface area contributed by atoms with Gasteiger partial charge in [0.1, 0.15) is 5.69 Å². The highest BCUT2D eigenvalue weighted by Crippen LogP contribution is 2.20. The van der Waals surface area contributed by atoms with E-state index in [1.807, 2.05) is 0 Å². The zero-order chi connectivity index (χ0) is 14.8. The molecule has 2 aromatic heterocycles. The number of nitrogens with two attached hydrogens (primary N) is 1.